The molecular weight excluding hydrogens is 344 g/mol. The van der Waals surface area contributed by atoms with Gasteiger partial charge in [0.2, 0.25) is 0 Å². The lowest BCUT2D eigenvalue weighted by atomic mass is 9.92. The van der Waals surface area contributed by atoms with Crippen LogP contribution >= 0.6 is 27.3 Å². The second-order valence-corrected chi connectivity index (χ2v) is 8.76. The van der Waals surface area contributed by atoms with Crippen molar-refractivity contribution in [2.75, 3.05) is 13.1 Å². The van der Waals surface area contributed by atoms with Crippen LogP contribution in [-0.2, 0) is 6.54 Å². The molecular formula is C17H29BrN2S. The first-order valence-corrected chi connectivity index (χ1v) is 9.87. The van der Waals surface area contributed by atoms with E-state index >= 15 is 0 Å². The molecule has 1 saturated heterocycles. The third kappa shape index (κ3) is 5.05. The van der Waals surface area contributed by atoms with Gasteiger partial charge >= 0.3 is 0 Å². The molecule has 2 heterocycles. The second-order valence-electron chi connectivity index (χ2n) is 6.85. The fourth-order valence-corrected chi connectivity index (χ4v) is 4.75. The molecule has 21 heavy (non-hydrogen) atoms. The first-order chi connectivity index (χ1) is 9.99. The third-order valence-corrected chi connectivity index (χ3v) is 6.26. The van der Waals surface area contributed by atoms with Crippen molar-refractivity contribution in [1.82, 2.24) is 10.2 Å². The van der Waals surface area contributed by atoms with E-state index in [1.54, 1.807) is 0 Å². The Morgan fingerprint density at radius 1 is 1.43 bits per heavy atom. The van der Waals surface area contributed by atoms with Crippen LogP contribution in [0, 0.1) is 11.8 Å². The van der Waals surface area contributed by atoms with E-state index in [-0.39, 0.29) is 0 Å². The Kier molecular flexibility index (Phi) is 6.73. The normalized spacial score (nSPS) is 25.4. The van der Waals surface area contributed by atoms with Crippen LogP contribution in [0.1, 0.15) is 45.4 Å². The third-order valence-electron chi connectivity index (χ3n) is 4.58. The predicted molar refractivity (Wildman–Crippen MR) is 96.9 cm³/mol. The number of halogens is 1. The van der Waals surface area contributed by atoms with Crippen molar-refractivity contribution in [1.29, 1.82) is 0 Å². The summed E-state index contributed by atoms with van der Waals surface area (Å²) >= 11 is 5.45. The number of nitrogens with one attached hydrogen (secondary N) is 1. The molecule has 0 spiro atoms. The van der Waals surface area contributed by atoms with Gasteiger partial charge in [-0.3, -0.25) is 4.90 Å². The predicted octanol–water partition coefficient (Wildman–Crippen LogP) is 4.75. The van der Waals surface area contributed by atoms with Crippen molar-refractivity contribution in [3.05, 3.63) is 20.8 Å². The maximum Gasteiger partial charge on any atom is 0.0332 e. The number of nitrogens with zero attached hydrogens (tertiary/aromatic N) is 1. The van der Waals surface area contributed by atoms with Crippen LogP contribution < -0.4 is 5.32 Å². The Hall–Kier alpha value is 0.1000. The lowest BCUT2D eigenvalue weighted by Crippen LogP contribution is -2.58. The fourth-order valence-electron chi connectivity index (χ4n) is 3.28. The Morgan fingerprint density at radius 2 is 2.19 bits per heavy atom. The van der Waals surface area contributed by atoms with Gasteiger partial charge in [0.25, 0.3) is 0 Å². The zero-order valence-corrected chi connectivity index (χ0v) is 16.1. The highest BCUT2D eigenvalue weighted by Gasteiger charge is 2.31. The average Bonchev–Trinajstić information content (AvgIpc) is 2.83. The van der Waals surface area contributed by atoms with Crippen LogP contribution in [-0.4, -0.2) is 30.1 Å². The molecule has 1 N–H and O–H groups in total. The number of hydrogen-bond donors (Lipinski definition) is 1. The molecule has 0 aliphatic carbocycles. The summed E-state index contributed by atoms with van der Waals surface area (Å²) in [6, 6.07) is 3.59. The summed E-state index contributed by atoms with van der Waals surface area (Å²) in [5.74, 6) is 1.52. The minimum absolute atomic E-state index is 0.647. The maximum atomic E-state index is 3.79. The fraction of sp³-hybridized carbons (Fsp3) is 0.765. The van der Waals surface area contributed by atoms with E-state index in [0.717, 1.165) is 24.9 Å². The van der Waals surface area contributed by atoms with E-state index < -0.39 is 0 Å². The molecule has 0 saturated carbocycles. The molecule has 1 fully saturated rings. The molecule has 1 aromatic rings. The lowest BCUT2D eigenvalue weighted by Gasteiger charge is -2.43. The minimum atomic E-state index is 0.647. The SMILES string of the molecule is CCC(C)C1CNC(CC(C)C)CN1Cc1cc(Br)cs1. The Balaban J connectivity index is 2.04. The van der Waals surface area contributed by atoms with E-state index in [4.69, 9.17) is 0 Å². The highest BCUT2D eigenvalue weighted by Crippen LogP contribution is 2.26. The van der Waals surface area contributed by atoms with Gasteiger partial charge in [0.05, 0.1) is 0 Å². The Morgan fingerprint density at radius 3 is 2.76 bits per heavy atom. The summed E-state index contributed by atoms with van der Waals surface area (Å²) in [6.45, 7) is 12.8. The summed E-state index contributed by atoms with van der Waals surface area (Å²) in [7, 11) is 0. The quantitative estimate of drug-likeness (QED) is 0.775. The number of hydrogen-bond acceptors (Lipinski definition) is 3. The van der Waals surface area contributed by atoms with E-state index in [1.807, 2.05) is 11.3 Å². The van der Waals surface area contributed by atoms with Crippen molar-refractivity contribution in [2.24, 2.45) is 11.8 Å². The van der Waals surface area contributed by atoms with Crippen molar-refractivity contribution in [3.63, 3.8) is 0 Å². The molecule has 0 bridgehead atoms. The Bertz CT molecular complexity index is 432. The molecule has 1 aliphatic heterocycles. The van der Waals surface area contributed by atoms with Crippen LogP contribution in [0.3, 0.4) is 0 Å². The van der Waals surface area contributed by atoms with Crippen molar-refractivity contribution >= 4 is 27.3 Å². The summed E-state index contributed by atoms with van der Waals surface area (Å²) in [5.41, 5.74) is 0. The smallest absolute Gasteiger partial charge is 0.0332 e. The summed E-state index contributed by atoms with van der Waals surface area (Å²) in [5, 5.41) is 5.99. The highest BCUT2D eigenvalue weighted by atomic mass is 79.9. The van der Waals surface area contributed by atoms with Gasteiger partial charge in [0.1, 0.15) is 0 Å². The molecule has 3 unspecified atom stereocenters. The minimum Gasteiger partial charge on any atom is -0.311 e. The van der Waals surface area contributed by atoms with Crippen LogP contribution in [0.25, 0.3) is 0 Å². The molecule has 1 aromatic heterocycles. The first-order valence-electron chi connectivity index (χ1n) is 8.20. The molecule has 3 atom stereocenters. The lowest BCUT2D eigenvalue weighted by molar-refractivity contribution is 0.0796. The first kappa shape index (κ1) is 17.5. The standard InChI is InChI=1S/C17H29BrN2S/c1-5-13(4)17-8-19-15(6-12(2)3)9-20(17)10-16-7-14(18)11-21-16/h7,11-13,15,17,19H,5-6,8-10H2,1-4H3. The molecule has 2 nitrogen and oxygen atoms in total. The van der Waals surface area contributed by atoms with E-state index in [0.29, 0.717) is 12.1 Å². The zero-order chi connectivity index (χ0) is 15.4. The Labute approximate surface area is 142 Å². The van der Waals surface area contributed by atoms with Gasteiger partial charge in [-0.2, -0.15) is 0 Å². The van der Waals surface area contributed by atoms with Crippen LogP contribution in [0.5, 0.6) is 0 Å². The van der Waals surface area contributed by atoms with Gasteiger partial charge in [-0.15, -0.1) is 11.3 Å². The van der Waals surface area contributed by atoms with Crippen LogP contribution in [0.2, 0.25) is 0 Å². The molecule has 0 aromatic carbocycles. The van der Waals surface area contributed by atoms with Gasteiger partial charge in [-0.05, 0) is 40.3 Å². The zero-order valence-electron chi connectivity index (χ0n) is 13.7. The van der Waals surface area contributed by atoms with Gasteiger partial charge in [-0.1, -0.05) is 34.1 Å². The molecule has 4 heteroatoms. The topological polar surface area (TPSA) is 15.3 Å². The second kappa shape index (κ2) is 8.09. The highest BCUT2D eigenvalue weighted by molar-refractivity contribution is 9.10. The van der Waals surface area contributed by atoms with Crippen LogP contribution in [0.15, 0.2) is 15.9 Å². The number of piperazine rings is 1. The van der Waals surface area contributed by atoms with Gasteiger partial charge in [0, 0.05) is 46.4 Å². The molecule has 0 amide bonds. The number of thiophene rings is 1. The average molecular weight is 373 g/mol. The largest absolute Gasteiger partial charge is 0.311 e. The molecule has 2 rings (SSSR count). The monoisotopic (exact) mass is 372 g/mol. The molecule has 120 valence electrons. The van der Waals surface area contributed by atoms with E-state index in [2.05, 4.69) is 65.3 Å². The van der Waals surface area contributed by atoms with Gasteiger partial charge in [0.15, 0.2) is 0 Å². The molecule has 0 radical (unpaired) electrons. The van der Waals surface area contributed by atoms with Gasteiger partial charge < -0.3 is 5.32 Å². The van der Waals surface area contributed by atoms with Gasteiger partial charge in [-0.25, -0.2) is 0 Å². The van der Waals surface area contributed by atoms with Crippen molar-refractivity contribution in [3.8, 4) is 0 Å². The number of rotatable bonds is 6. The summed E-state index contributed by atoms with van der Waals surface area (Å²) < 4.78 is 1.22. The summed E-state index contributed by atoms with van der Waals surface area (Å²) in [4.78, 5) is 4.19. The van der Waals surface area contributed by atoms with Crippen molar-refractivity contribution < 1.29 is 0 Å². The van der Waals surface area contributed by atoms with E-state index in [9.17, 15) is 0 Å². The van der Waals surface area contributed by atoms with Crippen molar-refractivity contribution in [2.45, 2.75) is 59.2 Å². The van der Waals surface area contributed by atoms with E-state index in [1.165, 1.54) is 28.7 Å². The van der Waals surface area contributed by atoms with Crippen LogP contribution in [0.4, 0.5) is 0 Å². The maximum absolute atomic E-state index is 3.79. The molecule has 1 aliphatic rings. The summed E-state index contributed by atoms with van der Waals surface area (Å²) in [6.07, 6.45) is 2.53.